The van der Waals surface area contributed by atoms with E-state index in [-0.39, 0.29) is 11.8 Å². The molecule has 1 aromatic carbocycles. The molecule has 2 N–H and O–H groups in total. The third-order valence-electron chi connectivity index (χ3n) is 3.86. The Balaban J connectivity index is 2.22. The number of amides is 1. The largest absolute Gasteiger partial charge is 0.397 e. The molecule has 1 fully saturated rings. The van der Waals surface area contributed by atoms with E-state index in [0.717, 1.165) is 19.3 Å². The maximum Gasteiger partial charge on any atom is 0.230 e. The molecule has 4 heteroatoms. The van der Waals surface area contributed by atoms with Crippen LogP contribution in [0.2, 0.25) is 5.02 Å². The van der Waals surface area contributed by atoms with Crippen LogP contribution >= 0.6 is 11.6 Å². The lowest BCUT2D eigenvalue weighted by atomic mass is 9.96. The molecule has 1 aliphatic rings. The van der Waals surface area contributed by atoms with Gasteiger partial charge in [-0.25, -0.2) is 0 Å². The first kappa shape index (κ1) is 13.2. The predicted octanol–water partition coefficient (Wildman–Crippen LogP) is 3.32. The van der Waals surface area contributed by atoms with E-state index in [1.807, 2.05) is 0 Å². The van der Waals surface area contributed by atoms with Crippen LogP contribution in [0.3, 0.4) is 0 Å². The predicted molar refractivity (Wildman–Crippen MR) is 75.8 cm³/mol. The third-order valence-corrected chi connectivity index (χ3v) is 4.10. The van der Waals surface area contributed by atoms with Crippen molar-refractivity contribution in [2.24, 2.45) is 11.8 Å². The highest BCUT2D eigenvalue weighted by atomic mass is 35.5. The van der Waals surface area contributed by atoms with Gasteiger partial charge in [0, 0.05) is 18.0 Å². The molecule has 0 radical (unpaired) electrons. The minimum absolute atomic E-state index is 0.119. The van der Waals surface area contributed by atoms with Gasteiger partial charge in [-0.2, -0.15) is 0 Å². The first-order valence-corrected chi connectivity index (χ1v) is 6.71. The molecule has 1 aromatic rings. The Labute approximate surface area is 113 Å². The Kier molecular flexibility index (Phi) is 3.81. The number of hydrogen-bond donors (Lipinski definition) is 1. The van der Waals surface area contributed by atoms with Crippen molar-refractivity contribution in [3.8, 4) is 0 Å². The Morgan fingerprint density at radius 1 is 1.44 bits per heavy atom. The van der Waals surface area contributed by atoms with Crippen molar-refractivity contribution in [2.75, 3.05) is 17.7 Å². The standard InChI is InChI=1S/C14H19ClN2O/c1-9-4-3-5-11(9)14(18)17(2)13-8-10(15)6-7-12(13)16/h6-9,11H,3-5,16H2,1-2H3. The first-order valence-electron chi connectivity index (χ1n) is 6.33. The molecule has 3 nitrogen and oxygen atoms in total. The number of nitrogen functional groups attached to an aromatic ring is 1. The van der Waals surface area contributed by atoms with E-state index in [9.17, 15) is 4.79 Å². The molecule has 0 aliphatic heterocycles. The summed E-state index contributed by atoms with van der Waals surface area (Å²) in [5.41, 5.74) is 7.19. The lowest BCUT2D eigenvalue weighted by Crippen LogP contribution is -2.34. The molecule has 1 saturated carbocycles. The van der Waals surface area contributed by atoms with Gasteiger partial charge in [-0.3, -0.25) is 4.79 Å². The number of carbonyl (C=O) groups excluding carboxylic acids is 1. The number of halogens is 1. The summed E-state index contributed by atoms with van der Waals surface area (Å²) in [5.74, 6) is 0.725. The zero-order valence-electron chi connectivity index (χ0n) is 10.8. The maximum atomic E-state index is 12.4. The second kappa shape index (κ2) is 5.19. The highest BCUT2D eigenvalue weighted by Gasteiger charge is 2.32. The van der Waals surface area contributed by atoms with Crippen molar-refractivity contribution in [3.05, 3.63) is 23.2 Å². The molecular formula is C14H19ClN2O. The Morgan fingerprint density at radius 2 is 2.17 bits per heavy atom. The fourth-order valence-corrected chi connectivity index (χ4v) is 2.85. The summed E-state index contributed by atoms with van der Waals surface area (Å²) in [6, 6.07) is 5.21. The molecule has 0 heterocycles. The molecule has 98 valence electrons. The van der Waals surface area contributed by atoms with E-state index in [1.165, 1.54) is 0 Å². The van der Waals surface area contributed by atoms with Gasteiger partial charge in [0.2, 0.25) is 5.91 Å². The highest BCUT2D eigenvalue weighted by molar-refractivity contribution is 6.31. The van der Waals surface area contributed by atoms with Crippen LogP contribution in [0.15, 0.2) is 18.2 Å². The molecule has 1 amide bonds. The number of carbonyl (C=O) groups is 1. The Morgan fingerprint density at radius 3 is 2.78 bits per heavy atom. The average Bonchev–Trinajstić information content (AvgIpc) is 2.77. The van der Waals surface area contributed by atoms with Crippen LogP contribution in [0.4, 0.5) is 11.4 Å². The number of benzene rings is 1. The summed E-state index contributed by atoms with van der Waals surface area (Å²) in [5, 5.41) is 0.596. The Hall–Kier alpha value is -1.22. The summed E-state index contributed by atoms with van der Waals surface area (Å²) < 4.78 is 0. The SMILES string of the molecule is CC1CCCC1C(=O)N(C)c1cc(Cl)ccc1N. The van der Waals surface area contributed by atoms with Crippen molar-refractivity contribution in [1.82, 2.24) is 0 Å². The minimum Gasteiger partial charge on any atom is -0.397 e. The smallest absolute Gasteiger partial charge is 0.230 e. The topological polar surface area (TPSA) is 46.3 Å². The van der Waals surface area contributed by atoms with E-state index >= 15 is 0 Å². The van der Waals surface area contributed by atoms with Crippen LogP contribution in [0.1, 0.15) is 26.2 Å². The van der Waals surface area contributed by atoms with Crippen molar-refractivity contribution < 1.29 is 4.79 Å². The van der Waals surface area contributed by atoms with Crippen LogP contribution in [-0.2, 0) is 4.79 Å². The zero-order valence-corrected chi connectivity index (χ0v) is 11.6. The highest BCUT2D eigenvalue weighted by Crippen LogP contribution is 2.35. The first-order chi connectivity index (χ1) is 8.50. The van der Waals surface area contributed by atoms with Crippen molar-refractivity contribution in [2.45, 2.75) is 26.2 Å². The molecule has 2 unspecified atom stereocenters. The van der Waals surface area contributed by atoms with Gasteiger partial charge in [-0.1, -0.05) is 24.9 Å². The van der Waals surface area contributed by atoms with E-state index in [1.54, 1.807) is 30.1 Å². The van der Waals surface area contributed by atoms with Gasteiger partial charge in [0.05, 0.1) is 11.4 Å². The summed E-state index contributed by atoms with van der Waals surface area (Å²) in [6.07, 6.45) is 3.25. The van der Waals surface area contributed by atoms with Crippen LogP contribution < -0.4 is 10.6 Å². The van der Waals surface area contributed by atoms with E-state index in [4.69, 9.17) is 17.3 Å². The van der Waals surface area contributed by atoms with Crippen LogP contribution in [0, 0.1) is 11.8 Å². The van der Waals surface area contributed by atoms with Gasteiger partial charge in [-0.05, 0) is 37.0 Å². The van der Waals surface area contributed by atoms with E-state index in [0.29, 0.717) is 22.3 Å². The van der Waals surface area contributed by atoms with E-state index in [2.05, 4.69) is 6.92 Å². The molecule has 2 rings (SSSR count). The maximum absolute atomic E-state index is 12.4. The summed E-state index contributed by atoms with van der Waals surface area (Å²) >= 11 is 5.96. The normalized spacial score (nSPS) is 23.1. The summed E-state index contributed by atoms with van der Waals surface area (Å²) in [4.78, 5) is 14.1. The molecule has 2 atom stereocenters. The van der Waals surface area contributed by atoms with Gasteiger partial charge in [0.1, 0.15) is 0 Å². The molecule has 0 saturated heterocycles. The van der Waals surface area contributed by atoms with Crippen molar-refractivity contribution in [1.29, 1.82) is 0 Å². The monoisotopic (exact) mass is 266 g/mol. The molecular weight excluding hydrogens is 248 g/mol. The molecule has 18 heavy (non-hydrogen) atoms. The van der Waals surface area contributed by atoms with Gasteiger partial charge in [0.25, 0.3) is 0 Å². The minimum atomic E-state index is 0.119. The van der Waals surface area contributed by atoms with Gasteiger partial charge in [0.15, 0.2) is 0 Å². The van der Waals surface area contributed by atoms with Gasteiger partial charge >= 0.3 is 0 Å². The van der Waals surface area contributed by atoms with E-state index < -0.39 is 0 Å². The van der Waals surface area contributed by atoms with Crippen LogP contribution in [0.5, 0.6) is 0 Å². The average molecular weight is 267 g/mol. The molecule has 1 aliphatic carbocycles. The zero-order chi connectivity index (χ0) is 13.3. The fourth-order valence-electron chi connectivity index (χ4n) is 2.69. The second-order valence-electron chi connectivity index (χ2n) is 5.12. The molecule has 0 spiro atoms. The number of nitrogens with zero attached hydrogens (tertiary/aromatic N) is 1. The number of anilines is 2. The van der Waals surface area contributed by atoms with Gasteiger partial charge < -0.3 is 10.6 Å². The molecule has 0 aromatic heterocycles. The lowest BCUT2D eigenvalue weighted by molar-refractivity contribution is -0.122. The molecule has 0 bridgehead atoms. The lowest BCUT2D eigenvalue weighted by Gasteiger charge is -2.24. The summed E-state index contributed by atoms with van der Waals surface area (Å²) in [6.45, 7) is 2.14. The quantitative estimate of drug-likeness (QED) is 0.835. The van der Waals surface area contributed by atoms with Crippen LogP contribution in [-0.4, -0.2) is 13.0 Å². The number of rotatable bonds is 2. The summed E-state index contributed by atoms with van der Waals surface area (Å²) in [7, 11) is 1.77. The second-order valence-corrected chi connectivity index (χ2v) is 5.55. The third kappa shape index (κ3) is 2.46. The van der Waals surface area contributed by atoms with Crippen molar-refractivity contribution in [3.63, 3.8) is 0 Å². The van der Waals surface area contributed by atoms with Crippen molar-refractivity contribution >= 4 is 28.9 Å². The number of nitrogens with two attached hydrogens (primary N) is 1. The van der Waals surface area contributed by atoms with Gasteiger partial charge in [-0.15, -0.1) is 0 Å². The Bertz CT molecular complexity index is 461. The fraction of sp³-hybridized carbons (Fsp3) is 0.500. The van der Waals surface area contributed by atoms with Crippen LogP contribution in [0.25, 0.3) is 0 Å². The number of hydrogen-bond acceptors (Lipinski definition) is 2.